The average Bonchev–Trinajstić information content (AvgIpc) is 3.43. The van der Waals surface area contributed by atoms with Crippen LogP contribution in [0.3, 0.4) is 0 Å². The first-order valence-corrected chi connectivity index (χ1v) is 25.0. The van der Waals surface area contributed by atoms with E-state index in [1.165, 1.54) is 4.90 Å². The Kier molecular flexibility index (Phi) is 33.3. The molecule has 2 aliphatic rings. The summed E-state index contributed by atoms with van der Waals surface area (Å²) in [6.07, 6.45) is -1.52. The second kappa shape index (κ2) is 38.6. The van der Waals surface area contributed by atoms with Crippen LogP contribution in [0.2, 0.25) is 0 Å². The SMILES string of the molecule is C#CCOCCOCCOCCOCCOC(=O)N(CCCCNC(=O)CO[C@@H]([C@@H]1OC(C(=O)O)=C[C@H](NC(=N)N)[C@H]1N=C)[C@H](O)CO)CCCCNC(=O)CO[C@@H]([C@@H]1OC(C(=O)O)=C[C@H](NC(=N)N)[C@H]1NC(C)=O)[C@H](O)CO. The minimum Gasteiger partial charge on any atom is -0.478 e. The first kappa shape index (κ1) is 68.2. The molecular weight excluding hydrogens is 1050 g/mol. The Labute approximate surface area is 455 Å². The molecule has 0 aromatic heterocycles. The summed E-state index contributed by atoms with van der Waals surface area (Å²) in [4.78, 5) is 80.5. The lowest BCUT2D eigenvalue weighted by molar-refractivity contribution is -0.159. The highest BCUT2D eigenvalue weighted by Crippen LogP contribution is 2.27. The molecule has 0 spiro atoms. The number of unbranched alkanes of at least 4 members (excludes halogenated alkanes) is 2. The van der Waals surface area contributed by atoms with Crippen molar-refractivity contribution < 1.29 is 102 Å². The van der Waals surface area contributed by atoms with Gasteiger partial charge in [0.15, 0.2) is 24.1 Å². The van der Waals surface area contributed by atoms with E-state index in [2.05, 4.69) is 44.2 Å². The molecule has 79 heavy (non-hydrogen) atoms. The van der Waals surface area contributed by atoms with Gasteiger partial charge in [0.05, 0.1) is 77.6 Å². The van der Waals surface area contributed by atoms with Crippen molar-refractivity contribution in [3.63, 3.8) is 0 Å². The molecule has 10 atom stereocenters. The van der Waals surface area contributed by atoms with Crippen LogP contribution in [0.4, 0.5) is 4.79 Å². The maximum Gasteiger partial charge on any atom is 0.409 e. The standard InChI is InChI=1S/C47H77N11O21/c1-4-13-71-14-15-72-16-17-73-18-19-74-20-21-75-47(70)58(11-7-5-9-53-35(64)26-76-39(31(62)24-59)41-37(52-3)29(56-45(48)49)22-33(78-41)43(66)67)12-8-6-10-54-36(65)27-77-40(32(63)25-60)42-38(55-28(2)61)30(57-46(50)51)23-34(79-42)44(68)69/h1,22-23,29-32,37-42,59-60,62-63H,3,5-21,24-27H2,2H3,(H,53,64)(H,54,65)(H,55,61)(H,66,67)(H,68,69)(H4,48,49,56)(H4,50,51,57)/t29-,30-,31+,32+,37+,38+,39+,40+,41+,42+/m0/s1. The zero-order valence-corrected chi connectivity index (χ0v) is 43.9. The van der Waals surface area contributed by atoms with Crippen molar-refractivity contribution in [1.82, 2.24) is 31.5 Å². The summed E-state index contributed by atoms with van der Waals surface area (Å²) in [5, 5.41) is 88.4. The summed E-state index contributed by atoms with van der Waals surface area (Å²) < 4.78 is 49.3. The smallest absolute Gasteiger partial charge is 0.409 e. The highest BCUT2D eigenvalue weighted by Gasteiger charge is 2.46. The zero-order chi connectivity index (χ0) is 58.7. The van der Waals surface area contributed by atoms with E-state index in [1.807, 2.05) is 0 Å². The van der Waals surface area contributed by atoms with Crippen LogP contribution in [0.15, 0.2) is 28.7 Å². The van der Waals surface area contributed by atoms with Crippen LogP contribution in [-0.4, -0.2) is 263 Å². The lowest BCUT2D eigenvalue weighted by atomic mass is 9.91. The number of nitrogens with two attached hydrogens (primary N) is 2. The number of nitrogens with zero attached hydrogens (tertiary/aromatic N) is 2. The minimum atomic E-state index is -1.75. The molecule has 32 heteroatoms. The Morgan fingerprint density at radius 2 is 1.16 bits per heavy atom. The molecule has 0 aliphatic carbocycles. The lowest BCUT2D eigenvalue weighted by Crippen LogP contribution is -2.64. The van der Waals surface area contributed by atoms with E-state index < -0.39 is 146 Å². The fraction of sp³-hybridized carbons (Fsp3) is 0.681. The first-order chi connectivity index (χ1) is 37.8. The van der Waals surface area contributed by atoms with Gasteiger partial charge in [-0.25, -0.2) is 14.4 Å². The van der Waals surface area contributed by atoms with Crippen LogP contribution in [0.1, 0.15) is 32.6 Å². The molecule has 17 N–H and O–H groups in total. The number of carbonyl (C=O) groups excluding carboxylic acids is 4. The van der Waals surface area contributed by atoms with E-state index in [1.54, 1.807) is 0 Å². The van der Waals surface area contributed by atoms with Gasteiger partial charge in [-0.3, -0.25) is 30.2 Å². The van der Waals surface area contributed by atoms with E-state index in [4.69, 9.17) is 71.3 Å². The van der Waals surface area contributed by atoms with Gasteiger partial charge in [0.25, 0.3) is 0 Å². The largest absolute Gasteiger partial charge is 0.478 e. The molecule has 0 fully saturated rings. The van der Waals surface area contributed by atoms with E-state index >= 15 is 0 Å². The third-order valence-electron chi connectivity index (χ3n) is 11.2. The van der Waals surface area contributed by atoms with Gasteiger partial charge in [-0.1, -0.05) is 5.92 Å². The van der Waals surface area contributed by atoms with Crippen LogP contribution < -0.4 is 38.1 Å². The Balaban J connectivity index is 2.00. The van der Waals surface area contributed by atoms with Crippen molar-refractivity contribution in [2.45, 2.75) is 93.4 Å². The Bertz CT molecular complexity index is 2060. The van der Waals surface area contributed by atoms with Crippen molar-refractivity contribution in [3.8, 4) is 12.3 Å². The molecule has 0 saturated carbocycles. The molecule has 0 aromatic carbocycles. The molecule has 0 bridgehead atoms. The van der Waals surface area contributed by atoms with Gasteiger partial charge in [-0.2, -0.15) is 0 Å². The molecule has 0 unspecified atom stereocenters. The molecule has 0 aromatic rings. The number of amides is 4. The van der Waals surface area contributed by atoms with Gasteiger partial charge >= 0.3 is 18.0 Å². The third kappa shape index (κ3) is 26.5. The number of hydrogen-bond donors (Lipinski definition) is 15. The molecule has 0 radical (unpaired) electrons. The zero-order valence-electron chi connectivity index (χ0n) is 43.9. The monoisotopic (exact) mass is 1130 g/mol. The second-order valence-electron chi connectivity index (χ2n) is 17.3. The number of aliphatic hydroxyl groups is 4. The molecule has 0 saturated heterocycles. The number of guanidine groups is 2. The van der Waals surface area contributed by atoms with Gasteiger partial charge in [-0.15, -0.1) is 6.42 Å². The topological polar surface area (TPSA) is 482 Å². The van der Waals surface area contributed by atoms with Crippen molar-refractivity contribution in [2.75, 3.05) is 112 Å². The van der Waals surface area contributed by atoms with Gasteiger partial charge in [0.1, 0.15) is 56.9 Å². The number of carbonyl (C=O) groups is 6. The maximum absolute atomic E-state index is 13.3. The molecule has 32 nitrogen and oxygen atoms in total. The molecule has 2 rings (SSSR count). The number of nitrogens with one attached hydrogen (secondary N) is 7. The average molecular weight is 1130 g/mol. The van der Waals surface area contributed by atoms with E-state index in [9.17, 15) is 59.4 Å². The Hall–Kier alpha value is -6.93. The maximum atomic E-state index is 13.3. The Morgan fingerprint density at radius 3 is 1.61 bits per heavy atom. The summed E-state index contributed by atoms with van der Waals surface area (Å²) in [5.41, 5.74) is 11.0. The van der Waals surface area contributed by atoms with Crippen LogP contribution in [0.25, 0.3) is 0 Å². The number of aliphatic imine (C=N–C) groups is 1. The van der Waals surface area contributed by atoms with Crippen LogP contribution in [0, 0.1) is 23.2 Å². The highest BCUT2D eigenvalue weighted by molar-refractivity contribution is 5.86. The number of rotatable bonds is 41. The summed E-state index contributed by atoms with van der Waals surface area (Å²) in [7, 11) is 0. The first-order valence-electron chi connectivity index (χ1n) is 25.0. The number of aliphatic carboxylic acids is 2. The molecule has 2 aliphatic heterocycles. The van der Waals surface area contributed by atoms with Gasteiger partial charge in [-0.05, 0) is 44.6 Å². The number of hydrogen-bond acceptors (Lipinski definition) is 22. The van der Waals surface area contributed by atoms with Crippen molar-refractivity contribution in [1.29, 1.82) is 10.8 Å². The number of carboxylic acid groups (broad SMARTS) is 2. The van der Waals surface area contributed by atoms with Gasteiger partial charge < -0.3 is 116 Å². The predicted octanol–water partition coefficient (Wildman–Crippen LogP) is -5.59. The van der Waals surface area contributed by atoms with Gasteiger partial charge in [0.2, 0.25) is 29.2 Å². The molecule has 4 amide bonds. The molecule has 446 valence electrons. The fourth-order valence-corrected chi connectivity index (χ4v) is 7.65. The van der Waals surface area contributed by atoms with Crippen molar-refractivity contribution in [3.05, 3.63) is 23.7 Å². The summed E-state index contributed by atoms with van der Waals surface area (Å²) >= 11 is 0. The lowest BCUT2D eigenvalue weighted by Gasteiger charge is -2.41. The molecular formula is C47H77N11O21. The van der Waals surface area contributed by atoms with Gasteiger partial charge in [0, 0.05) is 33.1 Å². The Morgan fingerprint density at radius 1 is 0.722 bits per heavy atom. The second-order valence-corrected chi connectivity index (χ2v) is 17.3. The van der Waals surface area contributed by atoms with Crippen LogP contribution >= 0.6 is 0 Å². The number of carboxylic acids is 2. The quantitative estimate of drug-likeness (QED) is 0.0117. The van der Waals surface area contributed by atoms with E-state index in [0.717, 1.165) is 19.1 Å². The number of ether oxygens (including phenoxy) is 9. The van der Waals surface area contributed by atoms with Crippen molar-refractivity contribution >= 4 is 54.4 Å². The van der Waals surface area contributed by atoms with Crippen molar-refractivity contribution in [2.24, 2.45) is 16.5 Å². The van der Waals surface area contributed by atoms with Crippen LogP contribution in [0.5, 0.6) is 0 Å². The summed E-state index contributed by atoms with van der Waals surface area (Å²) in [5.74, 6) is -5.02. The number of terminal acetylenes is 1. The molecule has 2 heterocycles. The van der Waals surface area contributed by atoms with E-state index in [-0.39, 0.29) is 59.2 Å². The fourth-order valence-electron chi connectivity index (χ4n) is 7.65. The minimum absolute atomic E-state index is 0.0551. The van der Waals surface area contributed by atoms with Crippen LogP contribution in [-0.2, 0) is 66.6 Å². The summed E-state index contributed by atoms with van der Waals surface area (Å²) in [6.45, 7) is 3.90. The summed E-state index contributed by atoms with van der Waals surface area (Å²) in [6, 6.07) is -4.51. The van der Waals surface area contributed by atoms with E-state index in [0.29, 0.717) is 52.1 Å². The third-order valence-corrected chi connectivity index (χ3v) is 11.2. The predicted molar refractivity (Wildman–Crippen MR) is 275 cm³/mol. The normalized spacial score (nSPS) is 20.1. The number of aliphatic hydroxyl groups excluding tert-OH is 4. The highest BCUT2D eigenvalue weighted by atomic mass is 16.6.